The Kier molecular flexibility index (Phi) is 2.36. The zero-order chi connectivity index (χ0) is 9.47. The van der Waals surface area contributed by atoms with Crippen LogP contribution >= 0.6 is 27.3 Å². The van der Waals surface area contributed by atoms with Crippen LogP contribution in [0.25, 0.3) is 0 Å². The molecule has 1 N–H and O–H groups in total. The molecule has 0 spiro atoms. The largest absolute Gasteiger partial charge is 0.356 e. The SMILES string of the molecule is CC(C)C1(Nc2nc(Br)cs2)CC1. The van der Waals surface area contributed by atoms with Crippen LogP contribution in [-0.4, -0.2) is 10.5 Å². The predicted molar refractivity (Wildman–Crippen MR) is 60.2 cm³/mol. The van der Waals surface area contributed by atoms with E-state index in [4.69, 9.17) is 0 Å². The molecule has 13 heavy (non-hydrogen) atoms. The minimum atomic E-state index is 0.345. The summed E-state index contributed by atoms with van der Waals surface area (Å²) in [6.07, 6.45) is 2.56. The number of hydrogen-bond acceptors (Lipinski definition) is 3. The van der Waals surface area contributed by atoms with Gasteiger partial charge in [-0.1, -0.05) is 13.8 Å². The predicted octanol–water partition coefficient (Wildman–Crippen LogP) is 3.51. The first-order chi connectivity index (χ1) is 6.12. The molecule has 0 radical (unpaired) electrons. The first-order valence-electron chi connectivity index (χ1n) is 4.52. The Morgan fingerprint density at radius 3 is 2.69 bits per heavy atom. The van der Waals surface area contributed by atoms with Gasteiger partial charge >= 0.3 is 0 Å². The van der Waals surface area contributed by atoms with Gasteiger partial charge in [-0.25, -0.2) is 4.98 Å². The molecule has 0 aliphatic heterocycles. The molecule has 1 aromatic rings. The monoisotopic (exact) mass is 260 g/mol. The Balaban J connectivity index is 2.06. The third kappa shape index (κ3) is 1.89. The summed E-state index contributed by atoms with van der Waals surface area (Å²) in [5.74, 6) is 0.690. The standard InChI is InChI=1S/C9H13BrN2S/c1-6(2)9(3-4-9)12-8-11-7(10)5-13-8/h5-6H,3-4H2,1-2H3,(H,11,12). The average molecular weight is 261 g/mol. The van der Waals surface area contributed by atoms with Crippen molar-refractivity contribution in [1.29, 1.82) is 0 Å². The highest BCUT2D eigenvalue weighted by atomic mass is 79.9. The Hall–Kier alpha value is -0.0900. The molecule has 72 valence electrons. The van der Waals surface area contributed by atoms with Crippen LogP contribution in [0.1, 0.15) is 26.7 Å². The van der Waals surface area contributed by atoms with E-state index in [2.05, 4.69) is 40.1 Å². The van der Waals surface area contributed by atoms with Gasteiger partial charge in [0, 0.05) is 10.9 Å². The number of nitrogens with zero attached hydrogens (tertiary/aromatic N) is 1. The van der Waals surface area contributed by atoms with Crippen LogP contribution in [0.5, 0.6) is 0 Å². The summed E-state index contributed by atoms with van der Waals surface area (Å²) in [6, 6.07) is 0. The first-order valence-corrected chi connectivity index (χ1v) is 6.19. The van der Waals surface area contributed by atoms with Gasteiger partial charge in [0.15, 0.2) is 5.13 Å². The summed E-state index contributed by atoms with van der Waals surface area (Å²) >= 11 is 5.02. The average Bonchev–Trinajstić information content (AvgIpc) is 2.72. The zero-order valence-corrected chi connectivity index (χ0v) is 10.2. The number of rotatable bonds is 3. The van der Waals surface area contributed by atoms with Gasteiger partial charge < -0.3 is 5.32 Å². The second kappa shape index (κ2) is 3.24. The van der Waals surface area contributed by atoms with Gasteiger partial charge in [0.2, 0.25) is 0 Å². The fourth-order valence-electron chi connectivity index (χ4n) is 1.51. The minimum absolute atomic E-state index is 0.345. The van der Waals surface area contributed by atoms with Crippen molar-refractivity contribution in [3.8, 4) is 0 Å². The number of halogens is 1. The molecule has 1 saturated carbocycles. The number of thiazole rings is 1. The molecule has 1 aliphatic carbocycles. The van der Waals surface area contributed by atoms with Crippen LogP contribution in [-0.2, 0) is 0 Å². The number of nitrogens with one attached hydrogen (secondary N) is 1. The van der Waals surface area contributed by atoms with E-state index in [1.165, 1.54) is 12.8 Å². The molecule has 1 fully saturated rings. The van der Waals surface area contributed by atoms with Crippen molar-refractivity contribution in [2.75, 3.05) is 5.32 Å². The van der Waals surface area contributed by atoms with Crippen LogP contribution in [0.4, 0.5) is 5.13 Å². The van der Waals surface area contributed by atoms with Crippen molar-refractivity contribution in [2.24, 2.45) is 5.92 Å². The lowest BCUT2D eigenvalue weighted by atomic mass is 10.0. The quantitative estimate of drug-likeness (QED) is 0.900. The summed E-state index contributed by atoms with van der Waals surface area (Å²) in [6.45, 7) is 4.53. The lowest BCUT2D eigenvalue weighted by Crippen LogP contribution is -2.27. The van der Waals surface area contributed by atoms with Gasteiger partial charge in [-0.3, -0.25) is 0 Å². The second-order valence-electron chi connectivity index (χ2n) is 3.91. The Morgan fingerprint density at radius 2 is 2.31 bits per heavy atom. The van der Waals surface area contributed by atoms with E-state index in [0.29, 0.717) is 11.5 Å². The van der Waals surface area contributed by atoms with Crippen molar-refractivity contribution in [3.05, 3.63) is 9.98 Å². The third-order valence-corrected chi connectivity index (χ3v) is 4.19. The molecule has 0 atom stereocenters. The molecule has 1 aliphatic rings. The van der Waals surface area contributed by atoms with Crippen molar-refractivity contribution in [1.82, 2.24) is 4.98 Å². The summed E-state index contributed by atoms with van der Waals surface area (Å²) in [5, 5.41) is 6.58. The molecule has 1 aromatic heterocycles. The highest BCUT2D eigenvalue weighted by Gasteiger charge is 2.45. The number of aromatic nitrogens is 1. The van der Waals surface area contributed by atoms with Crippen molar-refractivity contribution in [3.63, 3.8) is 0 Å². The summed E-state index contributed by atoms with van der Waals surface area (Å²) in [5.41, 5.74) is 0.345. The molecular weight excluding hydrogens is 248 g/mol. The van der Waals surface area contributed by atoms with E-state index in [0.717, 1.165) is 9.73 Å². The number of anilines is 1. The molecule has 2 rings (SSSR count). The fraction of sp³-hybridized carbons (Fsp3) is 0.667. The Labute approximate surface area is 90.9 Å². The normalized spacial score (nSPS) is 19.1. The van der Waals surface area contributed by atoms with E-state index >= 15 is 0 Å². The van der Waals surface area contributed by atoms with Crippen LogP contribution < -0.4 is 5.32 Å². The van der Waals surface area contributed by atoms with Gasteiger partial charge in [0.05, 0.1) is 0 Å². The molecule has 0 bridgehead atoms. The van der Waals surface area contributed by atoms with E-state index in [1.54, 1.807) is 11.3 Å². The van der Waals surface area contributed by atoms with E-state index in [1.807, 2.05) is 5.38 Å². The molecule has 1 heterocycles. The molecule has 0 saturated heterocycles. The van der Waals surface area contributed by atoms with Crippen LogP contribution in [0, 0.1) is 5.92 Å². The maximum absolute atomic E-state index is 4.34. The van der Waals surface area contributed by atoms with Crippen LogP contribution in [0.15, 0.2) is 9.98 Å². The molecule has 0 unspecified atom stereocenters. The maximum atomic E-state index is 4.34. The first kappa shape index (κ1) is 9.46. The number of hydrogen-bond donors (Lipinski definition) is 1. The Bertz CT molecular complexity index is 304. The van der Waals surface area contributed by atoms with Crippen LogP contribution in [0.2, 0.25) is 0 Å². The summed E-state index contributed by atoms with van der Waals surface area (Å²) in [4.78, 5) is 4.34. The smallest absolute Gasteiger partial charge is 0.184 e. The topological polar surface area (TPSA) is 24.9 Å². The summed E-state index contributed by atoms with van der Waals surface area (Å²) < 4.78 is 0.930. The van der Waals surface area contributed by atoms with Crippen molar-refractivity contribution >= 4 is 32.4 Å². The third-order valence-electron chi connectivity index (χ3n) is 2.73. The molecule has 2 nitrogen and oxygen atoms in total. The maximum Gasteiger partial charge on any atom is 0.184 e. The molecule has 0 aromatic carbocycles. The lowest BCUT2D eigenvalue weighted by Gasteiger charge is -2.20. The van der Waals surface area contributed by atoms with Crippen LogP contribution in [0.3, 0.4) is 0 Å². The molecule has 0 amide bonds. The Morgan fingerprint density at radius 1 is 1.62 bits per heavy atom. The zero-order valence-electron chi connectivity index (χ0n) is 7.80. The van der Waals surface area contributed by atoms with E-state index in [9.17, 15) is 0 Å². The van der Waals surface area contributed by atoms with Crippen molar-refractivity contribution < 1.29 is 0 Å². The van der Waals surface area contributed by atoms with Gasteiger partial charge in [0.1, 0.15) is 4.60 Å². The van der Waals surface area contributed by atoms with E-state index < -0.39 is 0 Å². The molecule has 4 heteroatoms. The van der Waals surface area contributed by atoms with Crippen molar-refractivity contribution in [2.45, 2.75) is 32.2 Å². The van der Waals surface area contributed by atoms with Gasteiger partial charge in [-0.05, 0) is 34.7 Å². The highest BCUT2D eigenvalue weighted by molar-refractivity contribution is 9.10. The second-order valence-corrected chi connectivity index (χ2v) is 5.58. The van der Waals surface area contributed by atoms with Gasteiger partial charge in [-0.2, -0.15) is 0 Å². The fourth-order valence-corrected chi connectivity index (χ4v) is 2.76. The summed E-state index contributed by atoms with van der Waals surface area (Å²) in [7, 11) is 0. The highest BCUT2D eigenvalue weighted by Crippen LogP contribution is 2.45. The van der Waals surface area contributed by atoms with Gasteiger partial charge in [0.25, 0.3) is 0 Å². The van der Waals surface area contributed by atoms with E-state index in [-0.39, 0.29) is 0 Å². The van der Waals surface area contributed by atoms with Gasteiger partial charge in [-0.15, -0.1) is 11.3 Å². The molecular formula is C9H13BrN2S. The lowest BCUT2D eigenvalue weighted by molar-refractivity contribution is 0.511. The minimum Gasteiger partial charge on any atom is -0.356 e.